The van der Waals surface area contributed by atoms with Crippen molar-refractivity contribution < 1.29 is 0 Å². The molecule has 2 aromatic rings. The highest BCUT2D eigenvalue weighted by Crippen LogP contribution is 2.23. The number of benzene rings is 1. The average molecular weight is 355 g/mol. The maximum absolute atomic E-state index is 5.35. The van der Waals surface area contributed by atoms with Crippen LogP contribution in [0.1, 0.15) is 30.9 Å². The van der Waals surface area contributed by atoms with Crippen molar-refractivity contribution in [3.8, 4) is 0 Å². The minimum absolute atomic E-state index is 0.590. The van der Waals surface area contributed by atoms with Gasteiger partial charge in [-0.3, -0.25) is 0 Å². The predicted octanol–water partition coefficient (Wildman–Crippen LogP) is 4.11. The van der Waals surface area contributed by atoms with Crippen LogP contribution in [0.5, 0.6) is 0 Å². The standard InChI is InChI=1S/C20H26N4S/c1-15-9-10-21-19(12-15)23-20(25)22-13-17-5-7-18(8-6-17)24-11-3-4-16(2)14-24/h5-10,12,16H,3-4,11,13-14H2,1-2H3,(H2,21,22,23,25). The quantitative estimate of drug-likeness (QED) is 0.809. The van der Waals surface area contributed by atoms with Crippen LogP contribution in [0, 0.1) is 12.8 Å². The summed E-state index contributed by atoms with van der Waals surface area (Å²) in [5.74, 6) is 1.56. The molecule has 1 atom stereocenters. The summed E-state index contributed by atoms with van der Waals surface area (Å²) in [7, 11) is 0. The van der Waals surface area contributed by atoms with Crippen molar-refractivity contribution in [3.05, 3.63) is 53.7 Å². The van der Waals surface area contributed by atoms with E-state index in [1.165, 1.54) is 30.6 Å². The molecule has 0 bridgehead atoms. The molecule has 2 heterocycles. The lowest BCUT2D eigenvalue weighted by Gasteiger charge is -2.32. The number of thiocarbonyl (C=S) groups is 1. The highest BCUT2D eigenvalue weighted by atomic mass is 32.1. The second-order valence-corrected chi connectivity index (χ2v) is 7.29. The maximum Gasteiger partial charge on any atom is 0.172 e. The van der Waals surface area contributed by atoms with Gasteiger partial charge in [0.15, 0.2) is 5.11 Å². The summed E-state index contributed by atoms with van der Waals surface area (Å²) in [6, 6.07) is 12.7. The minimum atomic E-state index is 0.590. The summed E-state index contributed by atoms with van der Waals surface area (Å²) in [6.45, 7) is 7.40. The smallest absolute Gasteiger partial charge is 0.172 e. The molecule has 25 heavy (non-hydrogen) atoms. The molecule has 0 amide bonds. The van der Waals surface area contributed by atoms with Crippen molar-refractivity contribution >= 4 is 28.8 Å². The summed E-state index contributed by atoms with van der Waals surface area (Å²) < 4.78 is 0. The molecule has 0 aliphatic carbocycles. The van der Waals surface area contributed by atoms with Gasteiger partial charge in [0.1, 0.15) is 5.82 Å². The summed E-state index contributed by atoms with van der Waals surface area (Å²) >= 11 is 5.35. The van der Waals surface area contributed by atoms with Crippen molar-refractivity contribution in [3.63, 3.8) is 0 Å². The summed E-state index contributed by atoms with van der Waals surface area (Å²) in [6.07, 6.45) is 4.41. The SMILES string of the molecule is Cc1ccnc(NC(=S)NCc2ccc(N3CCCC(C)C3)cc2)c1. The van der Waals surface area contributed by atoms with Gasteiger partial charge in [0, 0.05) is 31.5 Å². The van der Waals surface area contributed by atoms with Crippen LogP contribution in [0.25, 0.3) is 0 Å². The number of anilines is 2. The highest BCUT2D eigenvalue weighted by Gasteiger charge is 2.16. The third kappa shape index (κ3) is 5.16. The summed E-state index contributed by atoms with van der Waals surface area (Å²) in [5, 5.41) is 6.95. The van der Waals surface area contributed by atoms with Crippen LogP contribution in [0.15, 0.2) is 42.6 Å². The van der Waals surface area contributed by atoms with Crippen molar-refractivity contribution in [2.24, 2.45) is 5.92 Å². The molecule has 1 aromatic carbocycles. The van der Waals surface area contributed by atoms with Gasteiger partial charge in [0.2, 0.25) is 0 Å². The Kier molecular flexibility index (Phi) is 5.87. The number of hydrogen-bond donors (Lipinski definition) is 2. The Bertz CT molecular complexity index is 714. The fraction of sp³-hybridized carbons (Fsp3) is 0.400. The van der Waals surface area contributed by atoms with E-state index in [1.807, 2.05) is 19.1 Å². The molecule has 3 rings (SSSR count). The Morgan fingerprint density at radius 3 is 2.80 bits per heavy atom. The molecule has 5 heteroatoms. The number of nitrogens with one attached hydrogen (secondary N) is 2. The first-order chi connectivity index (χ1) is 12.1. The molecule has 1 fully saturated rings. The van der Waals surface area contributed by atoms with Crippen LogP contribution in [-0.4, -0.2) is 23.2 Å². The zero-order chi connectivity index (χ0) is 17.6. The predicted molar refractivity (Wildman–Crippen MR) is 109 cm³/mol. The van der Waals surface area contributed by atoms with Crippen LogP contribution >= 0.6 is 12.2 Å². The zero-order valence-corrected chi connectivity index (χ0v) is 15.8. The number of hydrogen-bond acceptors (Lipinski definition) is 3. The fourth-order valence-electron chi connectivity index (χ4n) is 3.20. The van der Waals surface area contributed by atoms with Gasteiger partial charge in [-0.1, -0.05) is 19.1 Å². The van der Waals surface area contributed by atoms with Crippen LogP contribution in [-0.2, 0) is 6.54 Å². The van der Waals surface area contributed by atoms with Crippen molar-refractivity contribution in [2.75, 3.05) is 23.3 Å². The Morgan fingerprint density at radius 1 is 1.28 bits per heavy atom. The number of nitrogens with zero attached hydrogens (tertiary/aromatic N) is 2. The molecule has 1 aliphatic heterocycles. The molecule has 0 spiro atoms. The van der Waals surface area contributed by atoms with Crippen LogP contribution < -0.4 is 15.5 Å². The van der Waals surface area contributed by atoms with Gasteiger partial charge in [-0.25, -0.2) is 4.98 Å². The number of aromatic nitrogens is 1. The summed E-state index contributed by atoms with van der Waals surface area (Å²) in [5.41, 5.74) is 3.69. The first-order valence-electron chi connectivity index (χ1n) is 8.91. The Balaban J connectivity index is 1.50. The third-order valence-electron chi connectivity index (χ3n) is 4.57. The van der Waals surface area contributed by atoms with Crippen LogP contribution in [0.2, 0.25) is 0 Å². The normalized spacial score (nSPS) is 17.2. The minimum Gasteiger partial charge on any atom is -0.371 e. The molecular formula is C20H26N4S. The third-order valence-corrected chi connectivity index (χ3v) is 4.82. The van der Waals surface area contributed by atoms with E-state index in [0.29, 0.717) is 11.7 Å². The Hall–Kier alpha value is -2.14. The molecule has 1 aliphatic rings. The highest BCUT2D eigenvalue weighted by molar-refractivity contribution is 7.80. The first-order valence-corrected chi connectivity index (χ1v) is 9.32. The van der Waals surface area contributed by atoms with E-state index >= 15 is 0 Å². The lowest BCUT2D eigenvalue weighted by molar-refractivity contribution is 0.447. The topological polar surface area (TPSA) is 40.2 Å². The summed E-state index contributed by atoms with van der Waals surface area (Å²) in [4.78, 5) is 6.75. The fourth-order valence-corrected chi connectivity index (χ4v) is 3.37. The molecule has 4 nitrogen and oxygen atoms in total. The Morgan fingerprint density at radius 2 is 2.08 bits per heavy atom. The monoisotopic (exact) mass is 354 g/mol. The number of aryl methyl sites for hydroxylation is 1. The van der Waals surface area contributed by atoms with Crippen molar-refractivity contribution in [2.45, 2.75) is 33.2 Å². The Labute approximate surface area is 155 Å². The van der Waals surface area contributed by atoms with Crippen LogP contribution in [0.3, 0.4) is 0 Å². The maximum atomic E-state index is 5.35. The molecule has 132 valence electrons. The second kappa shape index (κ2) is 8.30. The number of rotatable bonds is 4. The van der Waals surface area contributed by atoms with Gasteiger partial charge in [-0.05, 0) is 73.3 Å². The second-order valence-electron chi connectivity index (χ2n) is 6.89. The van der Waals surface area contributed by atoms with E-state index in [9.17, 15) is 0 Å². The van der Waals surface area contributed by atoms with Gasteiger partial charge >= 0.3 is 0 Å². The molecule has 1 aromatic heterocycles. The van der Waals surface area contributed by atoms with Gasteiger partial charge < -0.3 is 15.5 Å². The lowest BCUT2D eigenvalue weighted by atomic mass is 9.99. The van der Waals surface area contributed by atoms with E-state index in [4.69, 9.17) is 12.2 Å². The van der Waals surface area contributed by atoms with Crippen molar-refractivity contribution in [1.29, 1.82) is 0 Å². The molecular weight excluding hydrogens is 328 g/mol. The van der Waals surface area contributed by atoms with E-state index in [2.05, 4.69) is 51.7 Å². The number of pyridine rings is 1. The zero-order valence-electron chi connectivity index (χ0n) is 15.0. The van der Waals surface area contributed by atoms with Gasteiger partial charge in [0.05, 0.1) is 0 Å². The van der Waals surface area contributed by atoms with Gasteiger partial charge in [-0.15, -0.1) is 0 Å². The number of piperidine rings is 1. The lowest BCUT2D eigenvalue weighted by Crippen LogP contribution is -2.34. The molecule has 2 N–H and O–H groups in total. The molecule has 1 unspecified atom stereocenters. The van der Waals surface area contributed by atoms with Gasteiger partial charge in [0.25, 0.3) is 0 Å². The molecule has 0 radical (unpaired) electrons. The van der Waals surface area contributed by atoms with Crippen LogP contribution in [0.4, 0.5) is 11.5 Å². The van der Waals surface area contributed by atoms with E-state index in [1.54, 1.807) is 6.20 Å². The molecule has 0 saturated carbocycles. The van der Waals surface area contributed by atoms with E-state index in [0.717, 1.165) is 23.8 Å². The first kappa shape index (κ1) is 17.7. The van der Waals surface area contributed by atoms with Crippen molar-refractivity contribution in [1.82, 2.24) is 10.3 Å². The largest absolute Gasteiger partial charge is 0.371 e. The van der Waals surface area contributed by atoms with E-state index in [-0.39, 0.29) is 0 Å². The van der Waals surface area contributed by atoms with Gasteiger partial charge in [-0.2, -0.15) is 0 Å². The average Bonchev–Trinajstić information content (AvgIpc) is 2.60. The van der Waals surface area contributed by atoms with E-state index < -0.39 is 0 Å². The molecule has 1 saturated heterocycles.